The fourth-order valence-electron chi connectivity index (χ4n) is 7.39. The van der Waals surface area contributed by atoms with E-state index in [4.69, 9.17) is 0 Å². The molecule has 0 saturated heterocycles. The van der Waals surface area contributed by atoms with Crippen molar-refractivity contribution in [2.24, 2.45) is 0 Å². The van der Waals surface area contributed by atoms with E-state index in [0.29, 0.717) is 0 Å². The van der Waals surface area contributed by atoms with Gasteiger partial charge in [-0.2, -0.15) is 0 Å². The summed E-state index contributed by atoms with van der Waals surface area (Å²) < 4.78 is 4.98. The zero-order chi connectivity index (χ0) is 25.9. The highest BCUT2D eigenvalue weighted by atomic mass is 32.2. The Morgan fingerprint density at radius 3 is 2.08 bits per heavy atom. The van der Waals surface area contributed by atoms with Gasteiger partial charge in [0.2, 0.25) is 6.71 Å². The fraction of sp³-hybridized carbons (Fsp3) is 0. The SMILES string of the molecule is c1ccc(-n2c3ccccc3c3cc4c(cc32)c2ccc3c5c2n4-c2ccccc2B5c2ccccc2S3)cc1. The summed E-state index contributed by atoms with van der Waals surface area (Å²) in [5, 5.41) is 5.22. The van der Waals surface area contributed by atoms with Crippen LogP contribution in [0.1, 0.15) is 0 Å². The highest BCUT2D eigenvalue weighted by molar-refractivity contribution is 8.00. The summed E-state index contributed by atoms with van der Waals surface area (Å²) in [5.74, 6) is 0. The van der Waals surface area contributed by atoms with E-state index in [1.807, 2.05) is 11.8 Å². The van der Waals surface area contributed by atoms with E-state index in [1.54, 1.807) is 0 Å². The molecular weight excluding hydrogens is 503 g/mol. The van der Waals surface area contributed by atoms with E-state index in [-0.39, 0.29) is 6.71 Å². The van der Waals surface area contributed by atoms with Crippen molar-refractivity contribution >= 4 is 78.5 Å². The number of fused-ring (bicyclic) bond motifs is 11. The van der Waals surface area contributed by atoms with Gasteiger partial charge in [-0.1, -0.05) is 96.1 Å². The van der Waals surface area contributed by atoms with Gasteiger partial charge in [-0.25, -0.2) is 0 Å². The molecule has 2 aliphatic heterocycles. The molecule has 6 aromatic carbocycles. The van der Waals surface area contributed by atoms with E-state index >= 15 is 0 Å². The molecule has 0 radical (unpaired) electrons. The first-order chi connectivity index (χ1) is 19.9. The molecule has 184 valence electrons. The smallest absolute Gasteiger partial charge is 0.249 e. The van der Waals surface area contributed by atoms with Crippen LogP contribution in [0.25, 0.3) is 55.0 Å². The van der Waals surface area contributed by atoms with Gasteiger partial charge >= 0.3 is 0 Å². The van der Waals surface area contributed by atoms with E-state index in [1.165, 1.54) is 81.2 Å². The van der Waals surface area contributed by atoms with E-state index < -0.39 is 0 Å². The predicted molar refractivity (Wildman–Crippen MR) is 170 cm³/mol. The molecule has 2 aliphatic rings. The Morgan fingerprint density at radius 2 is 1.18 bits per heavy atom. The van der Waals surface area contributed by atoms with Crippen molar-refractivity contribution in [2.45, 2.75) is 9.79 Å². The standard InChI is InChI=1S/C36H21BN2S/c1-2-10-22(11-3-1)38-29-15-7-4-12-23(29)25-20-32-26(21-31(25)38)24-18-19-34-35-36(24)39(32)30-16-8-5-13-27(30)37(35)28-14-6-9-17-33(28)40-34/h1-21H. The monoisotopic (exact) mass is 524 g/mol. The third-order valence-electron chi connectivity index (χ3n) is 8.96. The van der Waals surface area contributed by atoms with Crippen molar-refractivity contribution in [3.05, 3.63) is 127 Å². The first kappa shape index (κ1) is 21.2. The lowest BCUT2D eigenvalue weighted by molar-refractivity contribution is 1.18. The van der Waals surface area contributed by atoms with Crippen LogP contribution in [0, 0.1) is 0 Å². The number of para-hydroxylation sites is 3. The van der Waals surface area contributed by atoms with E-state index in [9.17, 15) is 0 Å². The summed E-state index contributed by atoms with van der Waals surface area (Å²) in [4.78, 5) is 2.74. The van der Waals surface area contributed by atoms with Crippen LogP contribution in [-0.2, 0) is 0 Å². The molecule has 0 saturated carbocycles. The summed E-state index contributed by atoms with van der Waals surface area (Å²) in [7, 11) is 0. The van der Waals surface area contributed by atoms with Crippen LogP contribution in [0.3, 0.4) is 0 Å². The van der Waals surface area contributed by atoms with Gasteiger partial charge in [0.05, 0.1) is 22.1 Å². The molecule has 40 heavy (non-hydrogen) atoms. The molecule has 0 fully saturated rings. The fourth-order valence-corrected chi connectivity index (χ4v) is 8.54. The van der Waals surface area contributed by atoms with Crippen LogP contribution in [0.15, 0.2) is 137 Å². The van der Waals surface area contributed by atoms with Gasteiger partial charge in [0.25, 0.3) is 0 Å². The molecular formula is C36H21BN2S. The number of nitrogens with zero attached hydrogens (tertiary/aromatic N) is 2. The Bertz CT molecular complexity index is 2360. The molecule has 0 bridgehead atoms. The molecule has 0 aliphatic carbocycles. The third kappa shape index (κ3) is 2.53. The average molecular weight is 524 g/mol. The second-order valence-electron chi connectivity index (χ2n) is 10.9. The summed E-state index contributed by atoms with van der Waals surface area (Å²) >= 11 is 1.92. The van der Waals surface area contributed by atoms with Gasteiger partial charge in [0, 0.05) is 42.7 Å². The molecule has 0 atom stereocenters. The molecule has 2 aromatic heterocycles. The first-order valence-corrected chi connectivity index (χ1v) is 14.6. The Labute approximate surface area is 235 Å². The average Bonchev–Trinajstić information content (AvgIpc) is 3.52. The van der Waals surface area contributed by atoms with E-state index in [2.05, 4.69) is 137 Å². The molecule has 8 aromatic rings. The number of hydrogen-bond donors (Lipinski definition) is 0. The Hall–Kier alpha value is -4.67. The molecule has 0 spiro atoms. The van der Waals surface area contributed by atoms with Crippen molar-refractivity contribution in [1.82, 2.24) is 9.13 Å². The zero-order valence-electron chi connectivity index (χ0n) is 21.5. The third-order valence-corrected chi connectivity index (χ3v) is 10.1. The van der Waals surface area contributed by atoms with Crippen LogP contribution in [0.5, 0.6) is 0 Å². The minimum absolute atomic E-state index is 0.248. The number of benzene rings is 6. The van der Waals surface area contributed by atoms with Crippen molar-refractivity contribution in [1.29, 1.82) is 0 Å². The minimum atomic E-state index is 0.248. The Kier molecular flexibility index (Phi) is 3.97. The van der Waals surface area contributed by atoms with Gasteiger partial charge in [0.1, 0.15) is 0 Å². The Morgan fingerprint density at radius 1 is 0.475 bits per heavy atom. The molecule has 10 rings (SSSR count). The maximum Gasteiger partial charge on any atom is 0.249 e. The van der Waals surface area contributed by atoms with Gasteiger partial charge in [-0.05, 0) is 59.5 Å². The van der Waals surface area contributed by atoms with Crippen LogP contribution in [0.2, 0.25) is 0 Å². The zero-order valence-corrected chi connectivity index (χ0v) is 22.3. The summed E-state index contributed by atoms with van der Waals surface area (Å²) in [5.41, 5.74) is 11.9. The molecule has 0 N–H and O–H groups in total. The van der Waals surface area contributed by atoms with Crippen LogP contribution < -0.4 is 16.4 Å². The van der Waals surface area contributed by atoms with E-state index in [0.717, 1.165) is 0 Å². The normalized spacial score (nSPS) is 13.3. The van der Waals surface area contributed by atoms with Gasteiger partial charge in [-0.15, -0.1) is 0 Å². The van der Waals surface area contributed by atoms with Crippen LogP contribution >= 0.6 is 11.8 Å². The molecule has 4 heterocycles. The van der Waals surface area contributed by atoms with Crippen molar-refractivity contribution in [3.8, 4) is 11.4 Å². The molecule has 4 heteroatoms. The lowest BCUT2D eigenvalue weighted by Crippen LogP contribution is -2.58. The van der Waals surface area contributed by atoms with Gasteiger partial charge in [0.15, 0.2) is 0 Å². The van der Waals surface area contributed by atoms with Crippen LogP contribution in [0.4, 0.5) is 0 Å². The maximum absolute atomic E-state index is 2.55. The molecule has 0 amide bonds. The summed E-state index contributed by atoms with van der Waals surface area (Å²) in [6, 6.07) is 47.2. The largest absolute Gasteiger partial charge is 0.310 e. The maximum atomic E-state index is 2.55. The number of hydrogen-bond acceptors (Lipinski definition) is 1. The van der Waals surface area contributed by atoms with Gasteiger partial charge in [-0.3, -0.25) is 0 Å². The van der Waals surface area contributed by atoms with Crippen molar-refractivity contribution < 1.29 is 0 Å². The van der Waals surface area contributed by atoms with Crippen molar-refractivity contribution in [3.63, 3.8) is 0 Å². The summed E-state index contributed by atoms with van der Waals surface area (Å²) in [6.07, 6.45) is 0. The second-order valence-corrected chi connectivity index (χ2v) is 12.0. The topological polar surface area (TPSA) is 9.86 Å². The lowest BCUT2D eigenvalue weighted by Gasteiger charge is -2.32. The minimum Gasteiger partial charge on any atom is -0.310 e. The van der Waals surface area contributed by atoms with Crippen molar-refractivity contribution in [2.75, 3.05) is 0 Å². The second kappa shape index (κ2) is 7.50. The summed E-state index contributed by atoms with van der Waals surface area (Å²) in [6.45, 7) is 0.248. The Balaban J connectivity index is 1.41. The number of rotatable bonds is 1. The highest BCUT2D eigenvalue weighted by Crippen LogP contribution is 2.42. The number of aromatic nitrogens is 2. The lowest BCUT2D eigenvalue weighted by atomic mass is 9.35. The first-order valence-electron chi connectivity index (χ1n) is 13.8. The van der Waals surface area contributed by atoms with Crippen LogP contribution in [-0.4, -0.2) is 15.8 Å². The molecule has 2 nitrogen and oxygen atoms in total. The predicted octanol–water partition coefficient (Wildman–Crippen LogP) is 7.18. The quantitative estimate of drug-likeness (QED) is 0.207. The molecule has 0 unspecified atom stereocenters. The van der Waals surface area contributed by atoms with Gasteiger partial charge < -0.3 is 9.13 Å². The highest BCUT2D eigenvalue weighted by Gasteiger charge is 2.39.